The van der Waals surface area contributed by atoms with E-state index in [4.69, 9.17) is 0 Å². The molecule has 0 aliphatic heterocycles. The minimum Gasteiger partial charge on any atom is -0.343 e. The summed E-state index contributed by atoms with van der Waals surface area (Å²) in [5.41, 5.74) is 1.65. The molecule has 9 heteroatoms. The lowest BCUT2D eigenvalue weighted by atomic mass is 10.1. The van der Waals surface area contributed by atoms with Gasteiger partial charge in [-0.3, -0.25) is 9.59 Å². The number of hydrogen-bond acceptors (Lipinski definition) is 4. The van der Waals surface area contributed by atoms with Crippen LogP contribution in [0.2, 0.25) is 0 Å². The van der Waals surface area contributed by atoms with E-state index in [1.165, 1.54) is 0 Å². The van der Waals surface area contributed by atoms with Crippen molar-refractivity contribution >= 4 is 27.3 Å². The lowest BCUT2D eigenvalue weighted by molar-refractivity contribution is -0.115. The van der Waals surface area contributed by atoms with Gasteiger partial charge >= 0.3 is 5.76 Å². The first-order valence-corrected chi connectivity index (χ1v) is 9.58. The number of alkyl halides is 2. The minimum absolute atomic E-state index is 0.0463. The van der Waals surface area contributed by atoms with E-state index in [-0.39, 0.29) is 12.1 Å². The Morgan fingerprint density at radius 1 is 1.04 bits per heavy atom. The van der Waals surface area contributed by atoms with E-state index in [1.807, 2.05) is 19.1 Å². The van der Waals surface area contributed by atoms with E-state index in [0.717, 1.165) is 36.2 Å². The molecule has 27 heavy (non-hydrogen) atoms. The predicted molar refractivity (Wildman–Crippen MR) is 96.4 cm³/mol. The molecule has 2 rings (SSSR count). The SMILES string of the molecule is CCc1ccccc1NC(=O)CNC(=O)c1ccc(S(=O)(=O)C(F)F)cc1. The Hall–Kier alpha value is -2.81. The summed E-state index contributed by atoms with van der Waals surface area (Å²) < 4.78 is 47.7. The van der Waals surface area contributed by atoms with Crippen LogP contribution in [0.15, 0.2) is 53.4 Å². The van der Waals surface area contributed by atoms with E-state index < -0.39 is 32.3 Å². The molecule has 144 valence electrons. The van der Waals surface area contributed by atoms with Crippen molar-refractivity contribution in [1.82, 2.24) is 5.32 Å². The largest absolute Gasteiger partial charge is 0.343 e. The highest BCUT2D eigenvalue weighted by Gasteiger charge is 2.26. The first-order chi connectivity index (χ1) is 12.8. The molecule has 0 bridgehead atoms. The standard InChI is InChI=1S/C18H18F2N2O4S/c1-2-12-5-3-4-6-15(12)22-16(23)11-21-17(24)13-7-9-14(10-8-13)27(25,26)18(19)20/h3-10,18H,2,11H2,1H3,(H,21,24)(H,22,23). The van der Waals surface area contributed by atoms with Crippen LogP contribution in [-0.2, 0) is 21.1 Å². The zero-order valence-electron chi connectivity index (χ0n) is 14.4. The van der Waals surface area contributed by atoms with Crippen molar-refractivity contribution in [1.29, 1.82) is 0 Å². The van der Waals surface area contributed by atoms with Gasteiger partial charge < -0.3 is 10.6 Å². The molecule has 0 spiro atoms. The fourth-order valence-electron chi connectivity index (χ4n) is 2.31. The maximum Gasteiger partial charge on any atom is 0.341 e. The molecule has 0 aromatic heterocycles. The van der Waals surface area contributed by atoms with Crippen LogP contribution in [0.4, 0.5) is 14.5 Å². The van der Waals surface area contributed by atoms with Crippen molar-refractivity contribution in [2.24, 2.45) is 0 Å². The van der Waals surface area contributed by atoms with E-state index in [9.17, 15) is 26.8 Å². The first-order valence-electron chi connectivity index (χ1n) is 8.03. The first kappa shape index (κ1) is 20.5. The van der Waals surface area contributed by atoms with E-state index >= 15 is 0 Å². The third-order valence-electron chi connectivity index (χ3n) is 3.76. The van der Waals surface area contributed by atoms with Gasteiger partial charge in [0.2, 0.25) is 15.7 Å². The second kappa shape index (κ2) is 8.72. The fraction of sp³-hybridized carbons (Fsp3) is 0.222. The highest BCUT2D eigenvalue weighted by Crippen LogP contribution is 2.18. The predicted octanol–water partition coefficient (Wildman–Crippen LogP) is 2.61. The molecule has 2 aromatic rings. The van der Waals surface area contributed by atoms with E-state index in [0.29, 0.717) is 5.69 Å². The number of amides is 2. The van der Waals surface area contributed by atoms with Crippen LogP contribution in [0.25, 0.3) is 0 Å². The molecule has 0 radical (unpaired) electrons. The topological polar surface area (TPSA) is 92.3 Å². The van der Waals surface area contributed by atoms with Gasteiger partial charge in [0.05, 0.1) is 11.4 Å². The molecule has 2 aromatic carbocycles. The maximum absolute atomic E-state index is 12.5. The Kier molecular flexibility index (Phi) is 6.62. The Morgan fingerprint density at radius 3 is 2.26 bits per heavy atom. The third kappa shape index (κ3) is 5.10. The summed E-state index contributed by atoms with van der Waals surface area (Å²) in [6.07, 6.45) is 0.733. The summed E-state index contributed by atoms with van der Waals surface area (Å²) in [6, 6.07) is 11.3. The fourth-order valence-corrected chi connectivity index (χ4v) is 3.03. The van der Waals surface area contributed by atoms with Gasteiger partial charge in [-0.25, -0.2) is 8.42 Å². The molecule has 0 atom stereocenters. The number of sulfone groups is 1. The molecule has 0 aliphatic rings. The smallest absolute Gasteiger partial charge is 0.341 e. The number of nitrogens with one attached hydrogen (secondary N) is 2. The normalized spacial score (nSPS) is 11.3. The second-order valence-corrected chi connectivity index (χ2v) is 7.49. The maximum atomic E-state index is 12.5. The molecule has 2 amide bonds. The highest BCUT2D eigenvalue weighted by atomic mass is 32.2. The number of carbonyl (C=O) groups is 2. The zero-order valence-corrected chi connectivity index (χ0v) is 15.2. The van der Waals surface area contributed by atoms with Crippen molar-refractivity contribution in [3.05, 3.63) is 59.7 Å². The Bertz CT molecular complexity index is 929. The van der Waals surface area contributed by atoms with Crippen molar-refractivity contribution < 1.29 is 26.8 Å². The Morgan fingerprint density at radius 2 is 1.67 bits per heavy atom. The number of rotatable bonds is 7. The second-order valence-electron chi connectivity index (χ2n) is 5.57. The third-order valence-corrected chi connectivity index (χ3v) is 5.16. The number of carbonyl (C=O) groups excluding carboxylic acids is 2. The van der Waals surface area contributed by atoms with Gasteiger partial charge in [-0.1, -0.05) is 25.1 Å². The van der Waals surface area contributed by atoms with Crippen LogP contribution < -0.4 is 10.6 Å². The summed E-state index contributed by atoms with van der Waals surface area (Å²) >= 11 is 0. The van der Waals surface area contributed by atoms with Crippen LogP contribution >= 0.6 is 0 Å². The van der Waals surface area contributed by atoms with Gasteiger partial charge in [0.25, 0.3) is 5.91 Å². The van der Waals surface area contributed by atoms with Crippen molar-refractivity contribution in [2.75, 3.05) is 11.9 Å². The Labute approximate surface area is 155 Å². The highest BCUT2D eigenvalue weighted by molar-refractivity contribution is 7.91. The van der Waals surface area contributed by atoms with Crippen LogP contribution in [0.5, 0.6) is 0 Å². The van der Waals surface area contributed by atoms with Crippen LogP contribution in [0.1, 0.15) is 22.8 Å². The van der Waals surface area contributed by atoms with Crippen LogP contribution in [-0.4, -0.2) is 32.5 Å². The quantitative estimate of drug-likeness (QED) is 0.753. The summed E-state index contributed by atoms with van der Waals surface area (Å²) in [7, 11) is -4.72. The number of benzene rings is 2. The number of hydrogen-bond donors (Lipinski definition) is 2. The van der Waals surface area contributed by atoms with E-state index in [2.05, 4.69) is 10.6 Å². The molecule has 0 aliphatic carbocycles. The van der Waals surface area contributed by atoms with Gasteiger partial charge in [-0.15, -0.1) is 0 Å². The number of halogens is 2. The average Bonchev–Trinajstić information content (AvgIpc) is 2.66. The molecule has 0 saturated carbocycles. The van der Waals surface area contributed by atoms with Crippen LogP contribution in [0.3, 0.4) is 0 Å². The van der Waals surface area contributed by atoms with E-state index in [1.54, 1.807) is 12.1 Å². The van der Waals surface area contributed by atoms with Crippen LogP contribution in [0, 0.1) is 0 Å². The molecule has 0 saturated heterocycles. The number of aryl methyl sites for hydroxylation is 1. The molecule has 6 nitrogen and oxygen atoms in total. The van der Waals surface area contributed by atoms with Crippen molar-refractivity contribution in [2.45, 2.75) is 24.0 Å². The lowest BCUT2D eigenvalue weighted by Crippen LogP contribution is -2.33. The summed E-state index contributed by atoms with van der Waals surface area (Å²) in [4.78, 5) is 23.4. The van der Waals surface area contributed by atoms with Gasteiger partial charge in [0, 0.05) is 11.3 Å². The molecular formula is C18H18F2N2O4S. The molecule has 0 heterocycles. The van der Waals surface area contributed by atoms with Crippen molar-refractivity contribution in [3.8, 4) is 0 Å². The van der Waals surface area contributed by atoms with Crippen molar-refractivity contribution in [3.63, 3.8) is 0 Å². The summed E-state index contributed by atoms with van der Waals surface area (Å²) in [6.45, 7) is 1.65. The lowest BCUT2D eigenvalue weighted by Gasteiger charge is -2.10. The minimum atomic E-state index is -4.72. The molecule has 0 unspecified atom stereocenters. The van der Waals surface area contributed by atoms with Gasteiger partial charge in [-0.05, 0) is 42.3 Å². The monoisotopic (exact) mass is 396 g/mol. The van der Waals surface area contributed by atoms with Gasteiger partial charge in [0.15, 0.2) is 0 Å². The van der Waals surface area contributed by atoms with Gasteiger partial charge in [-0.2, -0.15) is 8.78 Å². The summed E-state index contributed by atoms with van der Waals surface area (Å²) in [5.74, 6) is -4.59. The molecular weight excluding hydrogens is 378 g/mol. The molecule has 2 N–H and O–H groups in total. The Balaban J connectivity index is 1.96. The number of anilines is 1. The zero-order chi connectivity index (χ0) is 20.0. The summed E-state index contributed by atoms with van der Waals surface area (Å²) in [5, 5.41) is 5.08. The number of para-hydroxylation sites is 1. The molecule has 0 fully saturated rings. The van der Waals surface area contributed by atoms with Gasteiger partial charge in [0.1, 0.15) is 0 Å². The average molecular weight is 396 g/mol.